The van der Waals surface area contributed by atoms with Gasteiger partial charge in [-0.3, -0.25) is 4.99 Å². The van der Waals surface area contributed by atoms with Crippen molar-refractivity contribution >= 4 is 17.3 Å². The van der Waals surface area contributed by atoms with Gasteiger partial charge >= 0.3 is 0 Å². The molecule has 18 heavy (non-hydrogen) atoms. The fourth-order valence-corrected chi connectivity index (χ4v) is 2.25. The van der Waals surface area contributed by atoms with Gasteiger partial charge in [0.2, 0.25) is 0 Å². The zero-order valence-electron chi connectivity index (χ0n) is 11.4. The molecule has 0 aliphatic carbocycles. The van der Waals surface area contributed by atoms with Crippen LogP contribution in [-0.4, -0.2) is 31.1 Å². The van der Waals surface area contributed by atoms with Crippen molar-refractivity contribution in [2.24, 2.45) is 4.99 Å². The Bertz CT molecular complexity index is 395. The highest BCUT2D eigenvalue weighted by atomic mass is 32.1. The molecule has 1 rings (SSSR count). The summed E-state index contributed by atoms with van der Waals surface area (Å²) in [6.45, 7) is 5.87. The molecule has 0 aliphatic rings. The van der Waals surface area contributed by atoms with E-state index >= 15 is 0 Å². The first-order valence-electron chi connectivity index (χ1n) is 6.23. The first-order chi connectivity index (χ1) is 8.76. The molecule has 0 aromatic carbocycles. The first-order valence-corrected chi connectivity index (χ1v) is 7.05. The van der Waals surface area contributed by atoms with Crippen LogP contribution in [0.1, 0.15) is 23.2 Å². The maximum atomic E-state index is 4.33. The van der Waals surface area contributed by atoms with Gasteiger partial charge in [0.25, 0.3) is 0 Å². The van der Waals surface area contributed by atoms with Gasteiger partial charge in [0.15, 0.2) is 5.96 Å². The quantitative estimate of drug-likeness (QED) is 0.359. The molecular weight excluding hydrogens is 244 g/mol. The Balaban J connectivity index is 2.19. The summed E-state index contributed by atoms with van der Waals surface area (Å²) in [7, 11) is 1.79. The summed E-state index contributed by atoms with van der Waals surface area (Å²) in [5.74, 6) is 0.854. The number of nitrogens with zero attached hydrogens (tertiary/aromatic N) is 2. The summed E-state index contributed by atoms with van der Waals surface area (Å²) >= 11 is 1.75. The third kappa shape index (κ3) is 5.82. The van der Waals surface area contributed by atoms with Crippen molar-refractivity contribution in [3.63, 3.8) is 0 Å². The number of aliphatic imine (C=N–C) groups is 1. The second-order valence-corrected chi connectivity index (χ2v) is 5.22. The standard InChI is InChI=1S/C13H22N4S/c1-4-5-6-8-15-13(14-3)16-9-7-12-17-10-11(2)18-12/h4-5,10H,6-9H2,1-3H3,(H2,14,15,16)/b5-4+. The maximum absolute atomic E-state index is 4.33. The summed E-state index contributed by atoms with van der Waals surface area (Å²) in [5, 5.41) is 7.72. The van der Waals surface area contributed by atoms with E-state index in [0.29, 0.717) is 0 Å². The number of hydrogen-bond donors (Lipinski definition) is 2. The van der Waals surface area contributed by atoms with Crippen LogP contribution in [-0.2, 0) is 6.42 Å². The van der Waals surface area contributed by atoms with E-state index in [4.69, 9.17) is 0 Å². The van der Waals surface area contributed by atoms with Gasteiger partial charge in [0, 0.05) is 37.6 Å². The van der Waals surface area contributed by atoms with Gasteiger partial charge < -0.3 is 10.6 Å². The van der Waals surface area contributed by atoms with Crippen LogP contribution >= 0.6 is 11.3 Å². The topological polar surface area (TPSA) is 49.3 Å². The van der Waals surface area contributed by atoms with Crippen LogP contribution < -0.4 is 10.6 Å². The monoisotopic (exact) mass is 266 g/mol. The second-order valence-electron chi connectivity index (χ2n) is 3.90. The Hall–Kier alpha value is -1.36. The van der Waals surface area contributed by atoms with E-state index in [1.54, 1.807) is 18.4 Å². The summed E-state index contributed by atoms with van der Waals surface area (Å²) in [4.78, 5) is 9.77. The predicted molar refractivity (Wildman–Crippen MR) is 79.4 cm³/mol. The van der Waals surface area contributed by atoms with Crippen LogP contribution in [0.15, 0.2) is 23.3 Å². The van der Waals surface area contributed by atoms with E-state index in [9.17, 15) is 0 Å². The van der Waals surface area contributed by atoms with Crippen molar-refractivity contribution in [1.82, 2.24) is 15.6 Å². The molecule has 0 amide bonds. The molecule has 0 aliphatic heterocycles. The van der Waals surface area contributed by atoms with Gasteiger partial charge in [-0.05, 0) is 20.3 Å². The largest absolute Gasteiger partial charge is 0.356 e. The normalized spacial score (nSPS) is 12.1. The third-order valence-corrected chi connectivity index (χ3v) is 3.34. The highest BCUT2D eigenvalue weighted by Gasteiger charge is 2.00. The van der Waals surface area contributed by atoms with E-state index in [2.05, 4.69) is 39.7 Å². The minimum absolute atomic E-state index is 0.854. The molecule has 5 heteroatoms. The van der Waals surface area contributed by atoms with Crippen molar-refractivity contribution in [3.8, 4) is 0 Å². The molecule has 1 aromatic heterocycles. The summed E-state index contributed by atoms with van der Waals surface area (Å²) < 4.78 is 0. The molecule has 0 saturated carbocycles. The van der Waals surface area contributed by atoms with Gasteiger partial charge in [-0.15, -0.1) is 11.3 Å². The lowest BCUT2D eigenvalue weighted by Gasteiger charge is -2.10. The Morgan fingerprint density at radius 1 is 1.44 bits per heavy atom. The fourth-order valence-electron chi connectivity index (χ4n) is 1.47. The lowest BCUT2D eigenvalue weighted by molar-refractivity contribution is 0.789. The Morgan fingerprint density at radius 3 is 2.83 bits per heavy atom. The molecule has 0 saturated heterocycles. The van der Waals surface area contributed by atoms with Crippen LogP contribution in [0, 0.1) is 6.92 Å². The average molecular weight is 266 g/mol. The number of allylic oxidation sites excluding steroid dienone is 1. The van der Waals surface area contributed by atoms with Crippen LogP contribution in [0.4, 0.5) is 0 Å². The Morgan fingerprint density at radius 2 is 2.22 bits per heavy atom. The second kappa shape index (κ2) is 8.69. The molecule has 1 heterocycles. The van der Waals surface area contributed by atoms with Crippen LogP contribution in [0.2, 0.25) is 0 Å². The van der Waals surface area contributed by atoms with E-state index in [1.165, 1.54) is 9.88 Å². The molecule has 0 bridgehead atoms. The van der Waals surface area contributed by atoms with E-state index in [0.717, 1.165) is 31.9 Å². The zero-order chi connectivity index (χ0) is 13.2. The lowest BCUT2D eigenvalue weighted by Crippen LogP contribution is -2.38. The first kappa shape index (κ1) is 14.7. The molecule has 100 valence electrons. The van der Waals surface area contributed by atoms with Crippen LogP contribution in [0.5, 0.6) is 0 Å². The number of guanidine groups is 1. The minimum Gasteiger partial charge on any atom is -0.356 e. The number of rotatable bonds is 6. The van der Waals surface area contributed by atoms with E-state index < -0.39 is 0 Å². The van der Waals surface area contributed by atoms with Gasteiger partial charge in [-0.2, -0.15) is 0 Å². The average Bonchev–Trinajstić information content (AvgIpc) is 2.78. The van der Waals surface area contributed by atoms with Crippen LogP contribution in [0.25, 0.3) is 0 Å². The molecule has 4 nitrogen and oxygen atoms in total. The molecule has 0 unspecified atom stereocenters. The van der Waals surface area contributed by atoms with Gasteiger partial charge in [-0.25, -0.2) is 4.98 Å². The molecule has 0 radical (unpaired) electrons. The molecule has 0 fully saturated rings. The third-order valence-electron chi connectivity index (χ3n) is 2.36. The summed E-state index contributed by atoms with van der Waals surface area (Å²) in [6, 6.07) is 0. The Kier molecular flexibility index (Phi) is 7.10. The number of nitrogens with one attached hydrogen (secondary N) is 2. The molecule has 1 aromatic rings. The van der Waals surface area contributed by atoms with E-state index in [1.807, 2.05) is 13.1 Å². The highest BCUT2D eigenvalue weighted by molar-refractivity contribution is 7.11. The predicted octanol–water partition coefficient (Wildman–Crippen LogP) is 2.13. The van der Waals surface area contributed by atoms with Gasteiger partial charge in [0.1, 0.15) is 0 Å². The van der Waals surface area contributed by atoms with Crippen molar-refractivity contribution in [2.75, 3.05) is 20.1 Å². The molecule has 0 spiro atoms. The zero-order valence-corrected chi connectivity index (χ0v) is 12.2. The molecule has 2 N–H and O–H groups in total. The van der Waals surface area contributed by atoms with Gasteiger partial charge in [0.05, 0.1) is 5.01 Å². The highest BCUT2D eigenvalue weighted by Crippen LogP contribution is 2.10. The van der Waals surface area contributed by atoms with Gasteiger partial charge in [-0.1, -0.05) is 12.2 Å². The molecule has 0 atom stereocenters. The number of aryl methyl sites for hydroxylation is 1. The van der Waals surface area contributed by atoms with E-state index in [-0.39, 0.29) is 0 Å². The fraction of sp³-hybridized carbons (Fsp3) is 0.538. The SMILES string of the molecule is C/C=C/CCNC(=NC)NCCc1ncc(C)s1. The van der Waals surface area contributed by atoms with Crippen molar-refractivity contribution in [1.29, 1.82) is 0 Å². The smallest absolute Gasteiger partial charge is 0.191 e. The number of thiazole rings is 1. The van der Waals surface area contributed by atoms with Crippen molar-refractivity contribution < 1.29 is 0 Å². The summed E-state index contributed by atoms with van der Waals surface area (Å²) in [5.41, 5.74) is 0. The maximum Gasteiger partial charge on any atom is 0.191 e. The lowest BCUT2D eigenvalue weighted by atomic mass is 10.4. The number of hydrogen-bond acceptors (Lipinski definition) is 3. The van der Waals surface area contributed by atoms with Crippen LogP contribution in [0.3, 0.4) is 0 Å². The molecular formula is C13H22N4S. The van der Waals surface area contributed by atoms with Crippen molar-refractivity contribution in [3.05, 3.63) is 28.2 Å². The number of aromatic nitrogens is 1. The minimum atomic E-state index is 0.854. The Labute approximate surface area is 113 Å². The summed E-state index contributed by atoms with van der Waals surface area (Å²) in [6.07, 6.45) is 8.07. The van der Waals surface area contributed by atoms with Crippen molar-refractivity contribution in [2.45, 2.75) is 26.7 Å².